The van der Waals surface area contributed by atoms with E-state index in [0.29, 0.717) is 11.0 Å². The van der Waals surface area contributed by atoms with Crippen molar-refractivity contribution in [3.8, 4) is 5.75 Å². The van der Waals surface area contributed by atoms with Crippen molar-refractivity contribution in [2.45, 2.75) is 28.4 Å². The Hall–Kier alpha value is -1.59. The molecular weight excluding hydrogens is 338 g/mol. The van der Waals surface area contributed by atoms with Crippen molar-refractivity contribution in [2.75, 3.05) is 24.3 Å². The second-order valence-corrected chi connectivity index (χ2v) is 8.22. The van der Waals surface area contributed by atoms with Crippen LogP contribution < -0.4 is 9.64 Å². The molecule has 1 heterocycles. The van der Waals surface area contributed by atoms with Crippen molar-refractivity contribution in [3.63, 3.8) is 0 Å². The van der Waals surface area contributed by atoms with Crippen molar-refractivity contribution >= 4 is 35.1 Å². The molecule has 3 nitrogen and oxygen atoms in total. The largest absolute Gasteiger partial charge is 0.497 e. The summed E-state index contributed by atoms with van der Waals surface area (Å²) in [6.45, 7) is 3.01. The number of rotatable bonds is 4. The molecule has 24 heavy (non-hydrogen) atoms. The van der Waals surface area contributed by atoms with Crippen LogP contribution in [0, 0.1) is 0 Å². The third-order valence-corrected chi connectivity index (χ3v) is 6.20. The van der Waals surface area contributed by atoms with Gasteiger partial charge in [0.25, 0.3) is 0 Å². The molecule has 0 bridgehead atoms. The van der Waals surface area contributed by atoms with Crippen molar-refractivity contribution in [1.82, 2.24) is 0 Å². The van der Waals surface area contributed by atoms with E-state index in [1.54, 1.807) is 18.9 Å². The molecule has 0 aromatic heterocycles. The molecule has 0 radical (unpaired) electrons. The van der Waals surface area contributed by atoms with Gasteiger partial charge in [-0.1, -0.05) is 19.1 Å². The van der Waals surface area contributed by atoms with Crippen LogP contribution in [0.25, 0.3) is 0 Å². The van der Waals surface area contributed by atoms with Crippen molar-refractivity contribution in [1.29, 1.82) is 0 Å². The quantitative estimate of drug-likeness (QED) is 0.740. The third-order valence-electron chi connectivity index (χ3n) is 3.97. The average molecular weight is 360 g/mol. The molecule has 2 aromatic rings. The van der Waals surface area contributed by atoms with Gasteiger partial charge < -0.3 is 9.64 Å². The maximum atomic E-state index is 12.8. The Labute approximate surface area is 151 Å². The minimum atomic E-state index is 0.165. The van der Waals surface area contributed by atoms with Gasteiger partial charge in [-0.15, -0.1) is 23.5 Å². The van der Waals surface area contributed by atoms with Gasteiger partial charge in [0.15, 0.2) is 0 Å². The van der Waals surface area contributed by atoms with Crippen LogP contribution in [-0.4, -0.2) is 30.6 Å². The van der Waals surface area contributed by atoms with Crippen LogP contribution >= 0.6 is 23.5 Å². The molecule has 0 saturated carbocycles. The number of benzene rings is 2. The third kappa shape index (κ3) is 4.08. The number of carbonyl (C=O) groups excluding carboxylic acids is 1. The molecule has 5 heteroatoms. The highest BCUT2D eigenvalue weighted by Crippen LogP contribution is 2.37. The van der Waals surface area contributed by atoms with Gasteiger partial charge >= 0.3 is 0 Å². The van der Waals surface area contributed by atoms with E-state index in [4.69, 9.17) is 4.74 Å². The Morgan fingerprint density at radius 2 is 2.00 bits per heavy atom. The van der Waals surface area contributed by atoms with Crippen LogP contribution in [-0.2, 0) is 4.79 Å². The Morgan fingerprint density at radius 3 is 2.75 bits per heavy atom. The summed E-state index contributed by atoms with van der Waals surface area (Å²) in [6, 6.07) is 16.0. The number of nitrogens with zero attached hydrogens (tertiary/aromatic N) is 1. The highest BCUT2D eigenvalue weighted by molar-refractivity contribution is 8.00. The molecule has 1 amide bonds. The number of thioether (sulfide) groups is 2. The predicted octanol–water partition coefficient (Wildman–Crippen LogP) is 4.70. The Morgan fingerprint density at radius 1 is 1.25 bits per heavy atom. The maximum Gasteiger partial charge on any atom is 0.237 e. The highest BCUT2D eigenvalue weighted by atomic mass is 32.2. The molecule has 0 saturated heterocycles. The number of para-hydroxylation sites is 1. The molecule has 1 aliphatic heterocycles. The lowest BCUT2D eigenvalue weighted by molar-refractivity contribution is -0.116. The van der Waals surface area contributed by atoms with Crippen LogP contribution in [0.3, 0.4) is 0 Å². The van der Waals surface area contributed by atoms with Crippen molar-refractivity contribution in [3.05, 3.63) is 48.5 Å². The van der Waals surface area contributed by atoms with Gasteiger partial charge in [0.1, 0.15) is 5.75 Å². The molecule has 0 aliphatic carbocycles. The van der Waals surface area contributed by atoms with Gasteiger partial charge in [-0.05, 0) is 42.8 Å². The summed E-state index contributed by atoms with van der Waals surface area (Å²) in [4.78, 5) is 17.0. The van der Waals surface area contributed by atoms with Crippen LogP contribution in [0.5, 0.6) is 5.75 Å². The first-order valence-electron chi connectivity index (χ1n) is 8.00. The molecule has 2 aromatic carbocycles. The summed E-state index contributed by atoms with van der Waals surface area (Å²) in [7, 11) is 1.65. The van der Waals surface area contributed by atoms with Crippen LogP contribution in [0.15, 0.2) is 58.3 Å². The fourth-order valence-electron chi connectivity index (χ4n) is 2.64. The average Bonchev–Trinajstić information content (AvgIpc) is 2.78. The van der Waals surface area contributed by atoms with E-state index in [9.17, 15) is 4.79 Å². The van der Waals surface area contributed by atoms with Gasteiger partial charge in [-0.25, -0.2) is 0 Å². The summed E-state index contributed by atoms with van der Waals surface area (Å²) in [5.41, 5.74) is 1.05. The summed E-state index contributed by atoms with van der Waals surface area (Å²) >= 11 is 3.43. The van der Waals surface area contributed by atoms with Crippen LogP contribution in [0.1, 0.15) is 13.3 Å². The first-order valence-corrected chi connectivity index (χ1v) is 9.87. The number of ether oxygens (including phenoxy) is 1. The number of hydrogen-bond donors (Lipinski definition) is 0. The van der Waals surface area contributed by atoms with Crippen molar-refractivity contribution in [2.24, 2.45) is 0 Å². The minimum absolute atomic E-state index is 0.165. The summed E-state index contributed by atoms with van der Waals surface area (Å²) in [5.74, 6) is 1.44. The van der Waals surface area contributed by atoms with Crippen LogP contribution in [0.4, 0.5) is 5.69 Å². The zero-order chi connectivity index (χ0) is 16.9. The summed E-state index contributed by atoms with van der Waals surface area (Å²) < 4.78 is 5.17. The molecule has 0 fully saturated rings. The fourth-order valence-corrected chi connectivity index (χ4v) is 4.53. The number of carbonyl (C=O) groups is 1. The second kappa shape index (κ2) is 7.99. The summed E-state index contributed by atoms with van der Waals surface area (Å²) in [5, 5.41) is 0.526. The minimum Gasteiger partial charge on any atom is -0.497 e. The Balaban J connectivity index is 1.70. The molecule has 1 atom stereocenters. The molecule has 0 N–H and O–H groups in total. The monoisotopic (exact) mass is 359 g/mol. The second-order valence-electron chi connectivity index (χ2n) is 5.69. The molecule has 3 rings (SSSR count). The summed E-state index contributed by atoms with van der Waals surface area (Å²) in [6.07, 6.45) is 1.01. The van der Waals surface area contributed by atoms with E-state index >= 15 is 0 Å². The van der Waals surface area contributed by atoms with Gasteiger partial charge in [-0.2, -0.15) is 0 Å². The molecule has 0 unspecified atom stereocenters. The van der Waals surface area contributed by atoms with E-state index in [2.05, 4.69) is 19.1 Å². The Bertz CT molecular complexity index is 703. The zero-order valence-electron chi connectivity index (χ0n) is 13.9. The van der Waals surface area contributed by atoms with E-state index < -0.39 is 0 Å². The smallest absolute Gasteiger partial charge is 0.237 e. The van der Waals surface area contributed by atoms with E-state index in [1.807, 2.05) is 53.1 Å². The zero-order valence-corrected chi connectivity index (χ0v) is 15.5. The van der Waals surface area contributed by atoms with Gasteiger partial charge in [0.05, 0.1) is 18.6 Å². The number of hydrogen-bond acceptors (Lipinski definition) is 4. The van der Waals surface area contributed by atoms with Gasteiger partial charge in [-0.3, -0.25) is 4.79 Å². The predicted molar refractivity (Wildman–Crippen MR) is 102 cm³/mol. The lowest BCUT2D eigenvalue weighted by Gasteiger charge is -2.22. The van der Waals surface area contributed by atoms with E-state index in [-0.39, 0.29) is 5.91 Å². The highest BCUT2D eigenvalue weighted by Gasteiger charge is 2.23. The van der Waals surface area contributed by atoms with Crippen molar-refractivity contribution < 1.29 is 9.53 Å². The fraction of sp³-hybridized carbons (Fsp3) is 0.316. The number of amides is 1. The van der Waals surface area contributed by atoms with Crippen LogP contribution in [0.2, 0.25) is 0 Å². The van der Waals surface area contributed by atoms with Gasteiger partial charge in [0.2, 0.25) is 5.91 Å². The molecule has 126 valence electrons. The first-order chi connectivity index (χ1) is 11.7. The SMILES string of the molecule is COc1ccc(SCC(=O)N2CC[C@H](C)Sc3ccccc32)cc1. The lowest BCUT2D eigenvalue weighted by Crippen LogP contribution is -2.33. The molecule has 0 spiro atoms. The van der Waals surface area contributed by atoms with E-state index in [1.165, 1.54) is 4.90 Å². The number of anilines is 1. The normalized spacial score (nSPS) is 17.1. The maximum absolute atomic E-state index is 12.8. The lowest BCUT2D eigenvalue weighted by atomic mass is 10.2. The van der Waals surface area contributed by atoms with E-state index in [0.717, 1.165) is 29.3 Å². The Kier molecular flexibility index (Phi) is 5.74. The van der Waals surface area contributed by atoms with Gasteiger partial charge in [0, 0.05) is 21.6 Å². The number of methoxy groups -OCH3 is 1. The molecule has 1 aliphatic rings. The standard InChI is InChI=1S/C19H21NO2S2/c1-14-11-12-20(17-5-3-4-6-18(17)24-14)19(21)13-23-16-9-7-15(22-2)8-10-16/h3-10,14H,11-13H2,1-2H3/t14-/m0/s1. The number of fused-ring (bicyclic) bond motifs is 1. The topological polar surface area (TPSA) is 29.5 Å². The molecular formula is C19H21NO2S2. The first kappa shape index (κ1) is 17.2.